The minimum atomic E-state index is 0.486. The average Bonchev–Trinajstić information content (AvgIpc) is 2.91. The standard InChI is InChI=1S/C17H17N3S/c1-12-3-2-4-14(9-12)17-15(21-16(11-18)20-17)10-13-5-7-19-8-6-13/h2-9H,10-11,18H2,1H3. The van der Waals surface area contributed by atoms with Gasteiger partial charge in [-0.1, -0.05) is 23.8 Å². The van der Waals surface area contributed by atoms with Crippen LogP contribution in [0.1, 0.15) is 21.0 Å². The molecule has 0 bridgehead atoms. The van der Waals surface area contributed by atoms with E-state index in [9.17, 15) is 0 Å². The second kappa shape index (κ2) is 6.16. The zero-order valence-corrected chi connectivity index (χ0v) is 12.7. The molecule has 3 nitrogen and oxygen atoms in total. The van der Waals surface area contributed by atoms with Crippen molar-refractivity contribution in [3.8, 4) is 11.3 Å². The molecule has 4 heteroatoms. The molecule has 0 unspecified atom stereocenters. The predicted molar refractivity (Wildman–Crippen MR) is 87.2 cm³/mol. The molecular formula is C17H17N3S. The summed E-state index contributed by atoms with van der Waals surface area (Å²) >= 11 is 1.70. The third kappa shape index (κ3) is 3.17. The van der Waals surface area contributed by atoms with E-state index in [2.05, 4.69) is 36.2 Å². The van der Waals surface area contributed by atoms with E-state index in [1.54, 1.807) is 11.3 Å². The van der Waals surface area contributed by atoms with Gasteiger partial charge < -0.3 is 5.73 Å². The predicted octanol–water partition coefficient (Wildman–Crippen LogP) is 3.56. The molecule has 21 heavy (non-hydrogen) atoms. The molecule has 0 aliphatic rings. The molecule has 1 aromatic carbocycles. The molecule has 0 atom stereocenters. The molecule has 0 saturated heterocycles. The zero-order chi connectivity index (χ0) is 14.7. The lowest BCUT2D eigenvalue weighted by molar-refractivity contribution is 1.04. The van der Waals surface area contributed by atoms with Crippen molar-refractivity contribution in [2.24, 2.45) is 5.73 Å². The largest absolute Gasteiger partial charge is 0.325 e. The first kappa shape index (κ1) is 13.9. The fourth-order valence-electron chi connectivity index (χ4n) is 2.31. The molecule has 3 aromatic rings. The van der Waals surface area contributed by atoms with E-state index >= 15 is 0 Å². The van der Waals surface area contributed by atoms with Crippen molar-refractivity contribution >= 4 is 11.3 Å². The Hall–Kier alpha value is -2.04. The Balaban J connectivity index is 2.02. The molecule has 0 radical (unpaired) electrons. The van der Waals surface area contributed by atoms with Gasteiger partial charge in [0, 0.05) is 35.8 Å². The smallest absolute Gasteiger partial charge is 0.107 e. The maximum absolute atomic E-state index is 5.77. The molecule has 2 heterocycles. The van der Waals surface area contributed by atoms with Crippen LogP contribution in [0, 0.1) is 6.92 Å². The maximum Gasteiger partial charge on any atom is 0.107 e. The number of benzene rings is 1. The van der Waals surface area contributed by atoms with Gasteiger partial charge in [0.25, 0.3) is 0 Å². The van der Waals surface area contributed by atoms with Crippen molar-refractivity contribution in [3.63, 3.8) is 0 Å². The van der Waals surface area contributed by atoms with Gasteiger partial charge in [-0.15, -0.1) is 11.3 Å². The third-order valence-corrected chi connectivity index (χ3v) is 4.40. The Morgan fingerprint density at radius 1 is 1.14 bits per heavy atom. The fraction of sp³-hybridized carbons (Fsp3) is 0.176. The number of rotatable bonds is 4. The molecule has 0 amide bonds. The third-order valence-electron chi connectivity index (χ3n) is 3.32. The van der Waals surface area contributed by atoms with Gasteiger partial charge >= 0.3 is 0 Å². The van der Waals surface area contributed by atoms with Crippen molar-refractivity contribution in [3.05, 3.63) is 69.8 Å². The zero-order valence-electron chi connectivity index (χ0n) is 11.9. The van der Waals surface area contributed by atoms with Crippen LogP contribution in [0.25, 0.3) is 11.3 Å². The van der Waals surface area contributed by atoms with Crippen molar-refractivity contribution < 1.29 is 0 Å². The lowest BCUT2D eigenvalue weighted by Crippen LogP contribution is -1.94. The Kier molecular flexibility index (Phi) is 4.08. The van der Waals surface area contributed by atoms with E-state index in [1.165, 1.54) is 16.0 Å². The highest BCUT2D eigenvalue weighted by Crippen LogP contribution is 2.30. The number of pyridine rings is 1. The van der Waals surface area contributed by atoms with Crippen LogP contribution >= 0.6 is 11.3 Å². The quantitative estimate of drug-likeness (QED) is 0.800. The van der Waals surface area contributed by atoms with Crippen LogP contribution in [0.4, 0.5) is 0 Å². The van der Waals surface area contributed by atoms with E-state index in [4.69, 9.17) is 10.7 Å². The highest BCUT2D eigenvalue weighted by Gasteiger charge is 2.13. The van der Waals surface area contributed by atoms with Gasteiger partial charge in [-0.25, -0.2) is 4.98 Å². The SMILES string of the molecule is Cc1cccc(-c2nc(CN)sc2Cc2ccncc2)c1. The highest BCUT2D eigenvalue weighted by atomic mass is 32.1. The van der Waals surface area contributed by atoms with Crippen LogP contribution in [0.2, 0.25) is 0 Å². The lowest BCUT2D eigenvalue weighted by Gasteiger charge is -2.04. The van der Waals surface area contributed by atoms with Crippen molar-refractivity contribution in [2.75, 3.05) is 0 Å². The Labute approximate surface area is 128 Å². The number of hydrogen-bond acceptors (Lipinski definition) is 4. The lowest BCUT2D eigenvalue weighted by atomic mass is 10.1. The van der Waals surface area contributed by atoms with E-state index < -0.39 is 0 Å². The summed E-state index contributed by atoms with van der Waals surface area (Å²) in [6.07, 6.45) is 4.52. The number of aryl methyl sites for hydroxylation is 1. The second-order valence-electron chi connectivity index (χ2n) is 4.99. The highest BCUT2D eigenvalue weighted by molar-refractivity contribution is 7.12. The summed E-state index contributed by atoms with van der Waals surface area (Å²) in [4.78, 5) is 10.0. The number of nitrogens with zero attached hydrogens (tertiary/aromatic N) is 2. The molecule has 0 spiro atoms. The molecule has 0 saturated carbocycles. The first-order valence-electron chi connectivity index (χ1n) is 6.91. The Bertz CT molecular complexity index is 735. The van der Waals surface area contributed by atoms with E-state index in [-0.39, 0.29) is 0 Å². The first-order chi connectivity index (χ1) is 10.3. The molecule has 2 aromatic heterocycles. The number of aromatic nitrogens is 2. The monoisotopic (exact) mass is 295 g/mol. The van der Waals surface area contributed by atoms with E-state index in [0.717, 1.165) is 22.7 Å². The van der Waals surface area contributed by atoms with Crippen LogP contribution in [-0.2, 0) is 13.0 Å². The minimum Gasteiger partial charge on any atom is -0.325 e. The van der Waals surface area contributed by atoms with Gasteiger partial charge in [0.05, 0.1) is 5.69 Å². The Morgan fingerprint density at radius 3 is 2.67 bits per heavy atom. The van der Waals surface area contributed by atoms with Gasteiger partial charge in [-0.2, -0.15) is 0 Å². The van der Waals surface area contributed by atoms with Gasteiger partial charge in [0.1, 0.15) is 5.01 Å². The summed E-state index contributed by atoms with van der Waals surface area (Å²) in [5.74, 6) is 0. The van der Waals surface area contributed by atoms with Gasteiger partial charge in [-0.3, -0.25) is 4.98 Å². The number of nitrogens with two attached hydrogens (primary N) is 1. The summed E-state index contributed by atoms with van der Waals surface area (Å²) in [5, 5.41) is 0.982. The average molecular weight is 295 g/mol. The summed E-state index contributed by atoms with van der Waals surface area (Å²) < 4.78 is 0. The molecule has 0 aliphatic heterocycles. The van der Waals surface area contributed by atoms with Crippen molar-refractivity contribution in [1.29, 1.82) is 0 Å². The summed E-state index contributed by atoms with van der Waals surface area (Å²) in [6, 6.07) is 12.5. The fourth-order valence-corrected chi connectivity index (χ4v) is 3.32. The first-order valence-corrected chi connectivity index (χ1v) is 7.72. The second-order valence-corrected chi connectivity index (χ2v) is 6.15. The van der Waals surface area contributed by atoms with Crippen LogP contribution in [0.5, 0.6) is 0 Å². The van der Waals surface area contributed by atoms with Crippen LogP contribution < -0.4 is 5.73 Å². The van der Waals surface area contributed by atoms with Gasteiger partial charge in [0.15, 0.2) is 0 Å². The minimum absolute atomic E-state index is 0.486. The number of hydrogen-bond donors (Lipinski definition) is 1. The van der Waals surface area contributed by atoms with Gasteiger partial charge in [0.2, 0.25) is 0 Å². The normalized spacial score (nSPS) is 10.8. The van der Waals surface area contributed by atoms with E-state index in [1.807, 2.05) is 24.5 Å². The Morgan fingerprint density at radius 2 is 1.95 bits per heavy atom. The molecule has 106 valence electrons. The molecular weight excluding hydrogens is 278 g/mol. The topological polar surface area (TPSA) is 51.8 Å². The molecule has 0 aliphatic carbocycles. The van der Waals surface area contributed by atoms with E-state index in [0.29, 0.717) is 6.54 Å². The van der Waals surface area contributed by atoms with Crippen molar-refractivity contribution in [2.45, 2.75) is 19.9 Å². The van der Waals surface area contributed by atoms with Gasteiger partial charge in [-0.05, 0) is 30.7 Å². The van der Waals surface area contributed by atoms with Crippen LogP contribution in [0.3, 0.4) is 0 Å². The number of thiazole rings is 1. The summed E-state index contributed by atoms with van der Waals surface area (Å²) in [7, 11) is 0. The maximum atomic E-state index is 5.77. The van der Waals surface area contributed by atoms with Crippen molar-refractivity contribution in [1.82, 2.24) is 9.97 Å². The molecule has 2 N–H and O–H groups in total. The summed E-state index contributed by atoms with van der Waals surface area (Å²) in [5.41, 5.74) is 10.5. The summed E-state index contributed by atoms with van der Waals surface area (Å²) in [6.45, 7) is 2.59. The van der Waals surface area contributed by atoms with Crippen LogP contribution in [0.15, 0.2) is 48.8 Å². The molecule has 3 rings (SSSR count). The van der Waals surface area contributed by atoms with Crippen LogP contribution in [-0.4, -0.2) is 9.97 Å². The molecule has 0 fully saturated rings.